The van der Waals surface area contributed by atoms with Crippen molar-refractivity contribution in [2.24, 2.45) is 0 Å². The van der Waals surface area contributed by atoms with Gasteiger partial charge in [-0.2, -0.15) is 4.84 Å². The van der Waals surface area contributed by atoms with Crippen LogP contribution in [0.1, 0.15) is 25.8 Å². The Hall–Kier alpha value is -2.29. The van der Waals surface area contributed by atoms with Crippen molar-refractivity contribution in [1.82, 2.24) is 9.97 Å². The Kier molecular flexibility index (Phi) is 7.06. The van der Waals surface area contributed by atoms with Crippen molar-refractivity contribution in [3.8, 4) is 11.3 Å². The summed E-state index contributed by atoms with van der Waals surface area (Å²) in [6.07, 6.45) is 0.554. The highest BCUT2D eigenvalue weighted by Crippen LogP contribution is 2.24. The second kappa shape index (κ2) is 9.07. The largest absolute Gasteiger partial charge is 0.507 e. The Labute approximate surface area is 160 Å². The van der Waals surface area contributed by atoms with Crippen LogP contribution in [-0.2, 0) is 9.57 Å². The number of rotatable bonds is 8. The second-order valence-electron chi connectivity index (χ2n) is 5.75. The lowest BCUT2D eigenvalue weighted by Crippen LogP contribution is -2.31. The lowest BCUT2D eigenvalue weighted by molar-refractivity contribution is -0.390. The number of hydrogen-bond acceptors (Lipinski definition) is 5. The molecule has 0 aliphatic rings. The molecule has 0 saturated carbocycles. The van der Waals surface area contributed by atoms with Gasteiger partial charge in [0.05, 0.1) is 22.4 Å². The predicted octanol–water partition coefficient (Wildman–Crippen LogP) is 4.66. The summed E-state index contributed by atoms with van der Waals surface area (Å²) >= 11 is 5.90. The molecular weight excluding hydrogens is 380 g/mol. The molecule has 0 amide bonds. The van der Waals surface area contributed by atoms with Crippen LogP contribution in [0.4, 0.5) is 14.6 Å². The van der Waals surface area contributed by atoms with E-state index in [2.05, 4.69) is 25.0 Å². The monoisotopic (exact) mass is 399 g/mol. The van der Waals surface area contributed by atoms with E-state index >= 15 is 0 Å². The molecule has 0 radical (unpaired) electrons. The molecule has 6 nitrogen and oxygen atoms in total. The molecule has 0 aliphatic carbocycles. The molecular formula is C18H20ClF2N3O3. The Morgan fingerprint density at radius 2 is 2.19 bits per heavy atom. The summed E-state index contributed by atoms with van der Waals surface area (Å²) in [4.78, 5) is 23.0. The molecule has 0 fully saturated rings. The zero-order valence-electron chi connectivity index (χ0n) is 15.1. The number of aromatic nitrogens is 2. The molecule has 2 rings (SSSR count). The maximum Gasteiger partial charge on any atom is 0.507 e. The van der Waals surface area contributed by atoms with E-state index < -0.39 is 18.0 Å². The van der Waals surface area contributed by atoms with Crippen molar-refractivity contribution in [1.29, 1.82) is 0 Å². The normalized spacial score (nSPS) is 13.1. The summed E-state index contributed by atoms with van der Waals surface area (Å²) in [6.45, 7) is 5.08. The van der Waals surface area contributed by atoms with Crippen LogP contribution in [0.3, 0.4) is 0 Å². The van der Waals surface area contributed by atoms with Crippen LogP contribution in [0.25, 0.3) is 11.3 Å². The van der Waals surface area contributed by atoms with E-state index in [1.165, 1.54) is 31.3 Å². The fourth-order valence-corrected chi connectivity index (χ4v) is 2.37. The minimum atomic E-state index is -3.88. The first kappa shape index (κ1) is 21.0. The van der Waals surface area contributed by atoms with Crippen LogP contribution < -0.4 is 11.0 Å². The molecule has 9 heteroatoms. The maximum absolute atomic E-state index is 13.8. The van der Waals surface area contributed by atoms with Crippen LogP contribution in [0.5, 0.6) is 0 Å². The lowest BCUT2D eigenvalue weighted by atomic mass is 10.1. The van der Waals surface area contributed by atoms with E-state index in [0.29, 0.717) is 17.0 Å². The van der Waals surface area contributed by atoms with E-state index in [0.717, 1.165) is 0 Å². The van der Waals surface area contributed by atoms with Gasteiger partial charge in [0.1, 0.15) is 0 Å². The molecule has 0 spiro atoms. The Morgan fingerprint density at radius 1 is 1.44 bits per heavy atom. The molecule has 0 bridgehead atoms. The van der Waals surface area contributed by atoms with Crippen molar-refractivity contribution >= 4 is 17.4 Å². The van der Waals surface area contributed by atoms with E-state index in [9.17, 15) is 13.6 Å². The number of nitrogens with one attached hydrogen (secondary N) is 2. The predicted molar refractivity (Wildman–Crippen MR) is 99.7 cm³/mol. The van der Waals surface area contributed by atoms with Gasteiger partial charge in [0.15, 0.2) is 5.82 Å². The number of alkyl halides is 2. The Bertz CT molecular complexity index is 871. The third kappa shape index (κ3) is 6.13. The van der Waals surface area contributed by atoms with Gasteiger partial charge in [-0.15, -0.1) is 8.78 Å². The number of hydrogen-bond donors (Lipinski definition) is 2. The first-order chi connectivity index (χ1) is 12.7. The van der Waals surface area contributed by atoms with Crippen molar-refractivity contribution < 1.29 is 18.4 Å². The first-order valence-corrected chi connectivity index (χ1v) is 8.62. The minimum absolute atomic E-state index is 0.0185. The number of aryl methyl sites for hydroxylation is 1. The Balaban J connectivity index is 2.15. The third-order valence-electron chi connectivity index (χ3n) is 3.46. The van der Waals surface area contributed by atoms with Crippen LogP contribution >= 0.6 is 11.6 Å². The fourth-order valence-electron chi connectivity index (χ4n) is 2.21. The zero-order chi connectivity index (χ0) is 20.0. The topological polar surface area (TPSA) is 76.2 Å². The minimum Gasteiger partial charge on any atom is -0.327 e. The van der Waals surface area contributed by atoms with Gasteiger partial charge in [-0.3, -0.25) is 9.53 Å². The number of ether oxygens (including phenoxy) is 1. The second-order valence-corrected chi connectivity index (χ2v) is 6.19. The summed E-state index contributed by atoms with van der Waals surface area (Å²) in [5.74, 6) is -0.0185. The first-order valence-electron chi connectivity index (χ1n) is 8.24. The highest BCUT2D eigenvalue weighted by molar-refractivity contribution is 6.30. The van der Waals surface area contributed by atoms with Crippen molar-refractivity contribution in [3.05, 3.63) is 57.5 Å². The van der Waals surface area contributed by atoms with E-state index in [1.807, 2.05) is 6.92 Å². The van der Waals surface area contributed by atoms with Crippen LogP contribution in [0.15, 0.2) is 41.3 Å². The van der Waals surface area contributed by atoms with E-state index in [1.54, 1.807) is 19.1 Å². The summed E-state index contributed by atoms with van der Waals surface area (Å²) in [5, 5.41) is 0.314. The summed E-state index contributed by atoms with van der Waals surface area (Å²) in [7, 11) is 0. The Morgan fingerprint density at radius 3 is 2.89 bits per heavy atom. The molecule has 27 heavy (non-hydrogen) atoms. The van der Waals surface area contributed by atoms with Crippen molar-refractivity contribution in [2.75, 3.05) is 5.48 Å². The van der Waals surface area contributed by atoms with E-state index in [-0.39, 0.29) is 17.1 Å². The van der Waals surface area contributed by atoms with Crippen LogP contribution in [0, 0.1) is 6.92 Å². The number of nitrogens with zero attached hydrogens (tertiary/aromatic N) is 1. The summed E-state index contributed by atoms with van der Waals surface area (Å²) < 4.78 is 32.1. The maximum atomic E-state index is 13.8. The number of halogens is 3. The van der Waals surface area contributed by atoms with Crippen LogP contribution in [-0.4, -0.2) is 22.4 Å². The SMILES string of the molecule is CC/C=C\C(C)OC(F)(F)ONc1ccc(C)c(-c2cc(Cl)c[nH]c2=O)n1. The van der Waals surface area contributed by atoms with Gasteiger partial charge < -0.3 is 4.98 Å². The van der Waals surface area contributed by atoms with Gasteiger partial charge in [0.2, 0.25) is 0 Å². The number of aromatic amines is 1. The molecule has 146 valence electrons. The number of anilines is 1. The quantitative estimate of drug-likeness (QED) is 0.383. The fraction of sp³-hybridized carbons (Fsp3) is 0.333. The molecule has 0 saturated heterocycles. The highest BCUT2D eigenvalue weighted by Gasteiger charge is 2.35. The summed E-state index contributed by atoms with van der Waals surface area (Å²) in [5.41, 5.74) is 2.82. The number of H-pyrrole nitrogens is 1. The molecule has 1 atom stereocenters. The number of allylic oxidation sites excluding steroid dienone is 1. The van der Waals surface area contributed by atoms with Gasteiger partial charge in [-0.05, 0) is 38.0 Å². The number of pyridine rings is 2. The molecule has 2 aromatic rings. The third-order valence-corrected chi connectivity index (χ3v) is 3.68. The van der Waals surface area contributed by atoms with Gasteiger partial charge in [0.25, 0.3) is 5.56 Å². The highest BCUT2D eigenvalue weighted by atomic mass is 35.5. The zero-order valence-corrected chi connectivity index (χ0v) is 15.8. The average molecular weight is 400 g/mol. The van der Waals surface area contributed by atoms with Gasteiger partial charge in [0, 0.05) is 6.20 Å². The molecule has 0 aromatic carbocycles. The lowest BCUT2D eigenvalue weighted by Gasteiger charge is -2.19. The van der Waals surface area contributed by atoms with E-state index in [4.69, 9.17) is 11.6 Å². The van der Waals surface area contributed by atoms with Gasteiger partial charge in [-0.25, -0.2) is 10.5 Å². The molecule has 2 N–H and O–H groups in total. The van der Waals surface area contributed by atoms with Crippen molar-refractivity contribution in [2.45, 2.75) is 39.6 Å². The van der Waals surface area contributed by atoms with Gasteiger partial charge >= 0.3 is 6.29 Å². The van der Waals surface area contributed by atoms with Crippen molar-refractivity contribution in [3.63, 3.8) is 0 Å². The van der Waals surface area contributed by atoms with Gasteiger partial charge in [-0.1, -0.05) is 36.7 Å². The molecule has 2 aromatic heterocycles. The average Bonchev–Trinajstić information content (AvgIpc) is 2.61. The standard InChI is InChI=1S/C18H20ClF2N3O3/c1-4-5-6-12(3)26-18(20,21)27-24-15-8-7-11(2)16(23-15)14-9-13(19)10-22-17(14)25/h5-10,12H,4H2,1-3H3,(H,22,25)(H,23,24)/b6-5-. The molecule has 1 unspecified atom stereocenters. The smallest absolute Gasteiger partial charge is 0.327 e. The summed E-state index contributed by atoms with van der Waals surface area (Å²) in [6, 6.07) is 4.49. The van der Waals surface area contributed by atoms with Crippen LogP contribution in [0.2, 0.25) is 5.02 Å². The molecule has 2 heterocycles. The molecule has 0 aliphatic heterocycles.